The van der Waals surface area contributed by atoms with E-state index in [-0.39, 0.29) is 26.2 Å². The summed E-state index contributed by atoms with van der Waals surface area (Å²) in [5.41, 5.74) is -1.55. The number of aliphatic hydroxyl groups is 3. The van der Waals surface area contributed by atoms with Crippen LogP contribution >= 0.6 is 0 Å². The molecule has 0 saturated heterocycles. The van der Waals surface area contributed by atoms with Crippen LogP contribution in [0.3, 0.4) is 0 Å². The van der Waals surface area contributed by atoms with Gasteiger partial charge in [0.1, 0.15) is 0 Å². The van der Waals surface area contributed by atoms with Gasteiger partial charge in [-0.15, -0.1) is 0 Å². The summed E-state index contributed by atoms with van der Waals surface area (Å²) in [6.07, 6.45) is 2.62. The third-order valence-corrected chi connectivity index (χ3v) is 4.59. The van der Waals surface area contributed by atoms with E-state index in [1.165, 1.54) is 0 Å². The van der Waals surface area contributed by atoms with Gasteiger partial charge < -0.3 is 33.4 Å². The van der Waals surface area contributed by atoms with Gasteiger partial charge in [0.2, 0.25) is 0 Å². The summed E-state index contributed by atoms with van der Waals surface area (Å²) in [4.78, 5) is 10.5. The molecule has 0 atom stereocenters. The standard InChI is InChI=1S/C12H28O4Si.3C3H8O.Zr/c1-10(2,3)14-17(13,15-11(4,5)6)16-12(7,8)9;3*1-2-3-4;/h13H,1-9H3;3*4H,2-3H2,1H3;. The van der Waals surface area contributed by atoms with E-state index in [0.717, 1.165) is 19.3 Å². The first-order valence-electron chi connectivity index (χ1n) is 10.5. The Hall–Kier alpha value is 0.820. The molecule has 30 heavy (non-hydrogen) atoms. The van der Waals surface area contributed by atoms with Gasteiger partial charge in [-0.1, -0.05) is 20.8 Å². The first-order chi connectivity index (χ1) is 12.9. The molecule has 0 aromatic carbocycles. The average molecular weight is 536 g/mol. The molecule has 0 radical (unpaired) electrons. The Morgan fingerprint density at radius 3 is 0.733 bits per heavy atom. The van der Waals surface area contributed by atoms with Crippen LogP contribution in [0.2, 0.25) is 0 Å². The van der Waals surface area contributed by atoms with Crippen molar-refractivity contribution < 1.29 is 59.6 Å². The second-order valence-corrected chi connectivity index (χ2v) is 11.0. The van der Waals surface area contributed by atoms with E-state index in [2.05, 4.69) is 0 Å². The molecule has 0 aliphatic rings. The molecule has 0 aliphatic heterocycles. The molecule has 0 unspecified atom stereocenters. The van der Waals surface area contributed by atoms with Gasteiger partial charge in [0.25, 0.3) is 0 Å². The van der Waals surface area contributed by atoms with Crippen molar-refractivity contribution in [3.63, 3.8) is 0 Å². The SMILES string of the molecule is CC(C)(C)O[Si](O)(OC(C)(C)C)OC(C)(C)C.CCCO.CCCO.CCCO.[Zr]. The van der Waals surface area contributed by atoms with Gasteiger partial charge in [0, 0.05) is 46.0 Å². The molecule has 0 amide bonds. The topological polar surface area (TPSA) is 109 Å². The molecular formula is C21H52O7SiZr. The van der Waals surface area contributed by atoms with Crippen molar-refractivity contribution >= 4 is 9.05 Å². The molecule has 0 aromatic rings. The van der Waals surface area contributed by atoms with Crippen LogP contribution < -0.4 is 0 Å². The maximum atomic E-state index is 10.5. The predicted molar refractivity (Wildman–Crippen MR) is 123 cm³/mol. The van der Waals surface area contributed by atoms with Crippen LogP contribution in [-0.4, -0.2) is 65.8 Å². The van der Waals surface area contributed by atoms with Gasteiger partial charge in [-0.2, -0.15) is 0 Å². The molecule has 0 aliphatic carbocycles. The van der Waals surface area contributed by atoms with Crippen molar-refractivity contribution in [2.24, 2.45) is 0 Å². The zero-order valence-electron chi connectivity index (χ0n) is 21.8. The number of hydrogen-bond donors (Lipinski definition) is 4. The quantitative estimate of drug-likeness (QED) is 0.380. The van der Waals surface area contributed by atoms with Crippen LogP contribution in [0, 0.1) is 0 Å². The zero-order chi connectivity index (χ0) is 24.4. The Labute approximate surface area is 207 Å². The van der Waals surface area contributed by atoms with Crippen LogP contribution in [0.15, 0.2) is 0 Å². The predicted octanol–water partition coefficient (Wildman–Crippen LogP) is 4.02. The summed E-state index contributed by atoms with van der Waals surface area (Å²) in [7, 11) is -3.66. The van der Waals surface area contributed by atoms with E-state index in [9.17, 15) is 4.80 Å². The summed E-state index contributed by atoms with van der Waals surface area (Å²) in [5.74, 6) is 0. The first kappa shape index (κ1) is 41.1. The smallest absolute Gasteiger partial charge is 0.396 e. The fraction of sp³-hybridized carbons (Fsp3) is 1.00. The van der Waals surface area contributed by atoms with Crippen molar-refractivity contribution in [3.05, 3.63) is 0 Å². The minimum atomic E-state index is -3.66. The monoisotopic (exact) mass is 534 g/mol. The summed E-state index contributed by atoms with van der Waals surface area (Å²) in [6.45, 7) is 23.5. The van der Waals surface area contributed by atoms with Crippen molar-refractivity contribution in [2.75, 3.05) is 19.8 Å². The molecule has 4 N–H and O–H groups in total. The third kappa shape index (κ3) is 46.8. The maximum Gasteiger partial charge on any atom is 0.678 e. The Kier molecular flexibility index (Phi) is 29.7. The van der Waals surface area contributed by atoms with Gasteiger partial charge in [-0.25, -0.2) is 0 Å². The minimum absolute atomic E-state index is 0. The van der Waals surface area contributed by atoms with Gasteiger partial charge >= 0.3 is 9.05 Å². The number of rotatable bonds is 6. The maximum absolute atomic E-state index is 10.5. The average Bonchev–Trinajstić information content (AvgIpc) is 2.49. The van der Waals surface area contributed by atoms with E-state index >= 15 is 0 Å². The van der Waals surface area contributed by atoms with E-state index in [0.29, 0.717) is 19.8 Å². The molecule has 0 heterocycles. The second-order valence-electron chi connectivity index (χ2n) is 9.34. The number of aliphatic hydroxyl groups excluding tert-OH is 3. The van der Waals surface area contributed by atoms with Crippen molar-refractivity contribution in [1.82, 2.24) is 0 Å². The normalized spacial score (nSPS) is 11.6. The Bertz CT molecular complexity index is 281. The molecule has 0 aromatic heterocycles. The Balaban J connectivity index is -0.000000131. The van der Waals surface area contributed by atoms with Crippen LogP contribution in [0.25, 0.3) is 0 Å². The van der Waals surface area contributed by atoms with Gasteiger partial charge in [0.05, 0.1) is 16.8 Å². The summed E-state index contributed by atoms with van der Waals surface area (Å²) in [5, 5.41) is 23.6. The molecule has 0 saturated carbocycles. The first-order valence-corrected chi connectivity index (χ1v) is 12.2. The van der Waals surface area contributed by atoms with Gasteiger partial charge in [0.15, 0.2) is 0 Å². The molecule has 0 fully saturated rings. The van der Waals surface area contributed by atoms with E-state index in [1.54, 1.807) is 0 Å². The molecule has 9 heteroatoms. The Morgan fingerprint density at radius 2 is 0.667 bits per heavy atom. The molecule has 186 valence electrons. The van der Waals surface area contributed by atoms with Crippen molar-refractivity contribution in [1.29, 1.82) is 0 Å². The molecule has 7 nitrogen and oxygen atoms in total. The molecule has 0 spiro atoms. The van der Waals surface area contributed by atoms with Crippen LogP contribution in [0.4, 0.5) is 0 Å². The summed E-state index contributed by atoms with van der Waals surface area (Å²) in [6, 6.07) is 0. The summed E-state index contributed by atoms with van der Waals surface area (Å²) < 4.78 is 16.9. The van der Waals surface area contributed by atoms with E-state index < -0.39 is 25.9 Å². The van der Waals surface area contributed by atoms with Crippen LogP contribution in [-0.2, 0) is 39.5 Å². The fourth-order valence-corrected chi connectivity index (χ4v) is 3.67. The van der Waals surface area contributed by atoms with Crippen molar-refractivity contribution in [3.8, 4) is 0 Å². The van der Waals surface area contributed by atoms with Gasteiger partial charge in [-0.05, 0) is 81.6 Å². The summed E-state index contributed by atoms with van der Waals surface area (Å²) >= 11 is 0. The number of hydrogen-bond acceptors (Lipinski definition) is 7. The molecule has 0 rings (SSSR count). The van der Waals surface area contributed by atoms with E-state index in [4.69, 9.17) is 28.6 Å². The second kappa shape index (κ2) is 21.7. The molecule has 0 bridgehead atoms. The largest absolute Gasteiger partial charge is 0.678 e. The van der Waals surface area contributed by atoms with Crippen LogP contribution in [0.5, 0.6) is 0 Å². The van der Waals surface area contributed by atoms with Crippen LogP contribution in [0.1, 0.15) is 102 Å². The molecular weight excluding hydrogens is 484 g/mol. The minimum Gasteiger partial charge on any atom is -0.396 e. The third-order valence-electron chi connectivity index (χ3n) is 1.98. The zero-order valence-corrected chi connectivity index (χ0v) is 25.2. The van der Waals surface area contributed by atoms with Gasteiger partial charge in [-0.3, -0.25) is 0 Å². The Morgan fingerprint density at radius 1 is 0.533 bits per heavy atom. The van der Waals surface area contributed by atoms with Crippen molar-refractivity contribution in [2.45, 2.75) is 119 Å². The fourth-order valence-electron chi connectivity index (χ4n) is 1.22. The van der Waals surface area contributed by atoms with E-state index in [1.807, 2.05) is 83.1 Å².